The quantitative estimate of drug-likeness (QED) is 0.333. The molecule has 0 atom stereocenters. The minimum Gasteiger partial charge on any atom is -0.451 e. The summed E-state index contributed by atoms with van der Waals surface area (Å²) in [6.07, 6.45) is 0.869. The Balaban J connectivity index is 2.30. The molecule has 2 aromatic rings. The molecule has 1 aromatic carbocycles. The first-order chi connectivity index (χ1) is 15.1. The van der Waals surface area contributed by atoms with Crippen molar-refractivity contribution < 1.29 is 17.4 Å². The van der Waals surface area contributed by atoms with Gasteiger partial charge in [0.2, 0.25) is 0 Å². The summed E-state index contributed by atoms with van der Waals surface area (Å²) in [6, 6.07) is 9.04. The lowest BCUT2D eigenvalue weighted by atomic mass is 9.95. The molecular formula is C26H47NO4Si3. The Morgan fingerprint density at radius 3 is 1.79 bits per heavy atom. The zero-order valence-corrected chi connectivity index (χ0v) is 26.8. The molecule has 1 heterocycles. The second-order valence-electron chi connectivity index (χ2n) is 13.5. The van der Waals surface area contributed by atoms with Gasteiger partial charge in [-0.2, -0.15) is 0 Å². The first-order valence-corrected chi connectivity index (χ1v) is 21.7. The van der Waals surface area contributed by atoms with Gasteiger partial charge in [0, 0.05) is 16.5 Å². The zero-order valence-electron chi connectivity index (χ0n) is 23.8. The number of benzene rings is 1. The molecule has 2 rings (SSSR count). The number of aryl methyl sites for hydroxylation is 1. The van der Waals surface area contributed by atoms with Crippen molar-refractivity contribution in [1.29, 1.82) is 0 Å². The van der Waals surface area contributed by atoms with E-state index in [1.165, 1.54) is 5.56 Å². The number of fused-ring (bicyclic) bond motifs is 1. The first kappa shape index (κ1) is 29.0. The molecule has 34 heavy (non-hydrogen) atoms. The normalized spacial score (nSPS) is 14.0. The van der Waals surface area contributed by atoms with Crippen LogP contribution in [-0.2, 0) is 14.7 Å². The molecule has 0 saturated heterocycles. The van der Waals surface area contributed by atoms with E-state index in [1.54, 1.807) is 0 Å². The second kappa shape index (κ2) is 9.69. The molecular weight excluding hydrogens is 475 g/mol. The highest BCUT2D eigenvalue weighted by atomic mass is 28.5. The standard InChI is InChI=1S/C26H47NO4Si3/c1-25(2,3)27(26(4,5)6)24(28)23-19-21-15-14-20(18-22(21)29-23)16-17-34(13,30-32(7,8)9)31-33(10,11)12/h14-15,18-19H,16-17H2,1-13H3. The van der Waals surface area contributed by atoms with Crippen LogP contribution in [0, 0.1) is 0 Å². The van der Waals surface area contributed by atoms with Gasteiger partial charge < -0.3 is 17.5 Å². The molecule has 0 N–H and O–H groups in total. The fourth-order valence-corrected chi connectivity index (χ4v) is 17.3. The van der Waals surface area contributed by atoms with Crippen molar-refractivity contribution in [2.24, 2.45) is 0 Å². The summed E-state index contributed by atoms with van der Waals surface area (Å²) in [7, 11) is -5.76. The average Bonchev–Trinajstić information content (AvgIpc) is 2.97. The molecule has 0 fully saturated rings. The van der Waals surface area contributed by atoms with Crippen LogP contribution < -0.4 is 0 Å². The lowest BCUT2D eigenvalue weighted by molar-refractivity contribution is 0.0242. The largest absolute Gasteiger partial charge is 0.451 e. The van der Waals surface area contributed by atoms with Crippen molar-refractivity contribution in [1.82, 2.24) is 4.90 Å². The maximum atomic E-state index is 13.4. The predicted octanol–water partition coefficient (Wildman–Crippen LogP) is 7.79. The van der Waals surface area contributed by atoms with Crippen molar-refractivity contribution in [3.05, 3.63) is 35.6 Å². The van der Waals surface area contributed by atoms with E-state index in [-0.39, 0.29) is 17.0 Å². The van der Waals surface area contributed by atoms with Gasteiger partial charge in [0.25, 0.3) is 5.91 Å². The molecule has 0 aliphatic heterocycles. The third-order valence-corrected chi connectivity index (χ3v) is 14.8. The fourth-order valence-electron chi connectivity index (χ4n) is 4.85. The highest BCUT2D eigenvalue weighted by molar-refractivity contribution is 6.87. The molecule has 0 bridgehead atoms. The number of nitrogens with zero attached hydrogens (tertiary/aromatic N) is 1. The summed E-state index contributed by atoms with van der Waals surface area (Å²) in [4.78, 5) is 15.3. The Bertz CT molecular complexity index is 974. The summed E-state index contributed by atoms with van der Waals surface area (Å²) >= 11 is 0. The molecule has 0 radical (unpaired) electrons. The van der Waals surface area contributed by atoms with E-state index in [0.29, 0.717) is 5.76 Å². The molecule has 0 aliphatic rings. The van der Waals surface area contributed by atoms with Crippen LogP contribution in [0.4, 0.5) is 0 Å². The maximum Gasteiger partial charge on any atom is 0.314 e. The van der Waals surface area contributed by atoms with Crippen LogP contribution in [-0.4, -0.2) is 47.1 Å². The second-order valence-corrected chi connectivity index (χ2v) is 26.4. The van der Waals surface area contributed by atoms with E-state index in [4.69, 9.17) is 12.6 Å². The van der Waals surface area contributed by atoms with Gasteiger partial charge in [-0.05, 0) is 118 Å². The molecule has 5 nitrogen and oxygen atoms in total. The van der Waals surface area contributed by atoms with Crippen molar-refractivity contribution in [2.45, 2.75) is 111 Å². The average molecular weight is 522 g/mol. The number of hydrogen-bond donors (Lipinski definition) is 0. The number of furan rings is 1. The summed E-state index contributed by atoms with van der Waals surface area (Å²) in [5.41, 5.74) is 1.30. The Hall–Kier alpha value is -1.20. The lowest BCUT2D eigenvalue weighted by Crippen LogP contribution is -2.55. The fraction of sp³-hybridized carbons (Fsp3) is 0.654. The van der Waals surface area contributed by atoms with Crippen LogP contribution in [0.5, 0.6) is 0 Å². The van der Waals surface area contributed by atoms with Gasteiger partial charge in [0.1, 0.15) is 5.58 Å². The van der Waals surface area contributed by atoms with E-state index in [0.717, 1.165) is 23.4 Å². The molecule has 8 heteroatoms. The third kappa shape index (κ3) is 8.19. The summed E-state index contributed by atoms with van der Waals surface area (Å²) in [5, 5.41) is 0.951. The molecule has 192 valence electrons. The van der Waals surface area contributed by atoms with Gasteiger partial charge in [-0.1, -0.05) is 12.1 Å². The van der Waals surface area contributed by atoms with Gasteiger partial charge in [-0.3, -0.25) is 4.79 Å². The SMILES string of the molecule is CC(C)(C)N(C(=O)c1cc2ccc(CC[Si](C)(O[Si](C)(C)C)O[Si](C)(C)C)cc2o1)C(C)(C)C. The summed E-state index contributed by atoms with van der Waals surface area (Å²) < 4.78 is 19.4. The van der Waals surface area contributed by atoms with E-state index in [2.05, 4.69) is 106 Å². The predicted molar refractivity (Wildman–Crippen MR) is 151 cm³/mol. The topological polar surface area (TPSA) is 51.9 Å². The Morgan fingerprint density at radius 2 is 1.35 bits per heavy atom. The molecule has 1 amide bonds. The molecule has 0 saturated carbocycles. The van der Waals surface area contributed by atoms with Gasteiger partial charge >= 0.3 is 8.56 Å². The lowest BCUT2D eigenvalue weighted by Gasteiger charge is -2.44. The van der Waals surface area contributed by atoms with E-state index in [9.17, 15) is 4.79 Å². The minimum absolute atomic E-state index is 0.0789. The van der Waals surface area contributed by atoms with Gasteiger partial charge in [-0.25, -0.2) is 0 Å². The van der Waals surface area contributed by atoms with Gasteiger partial charge in [0.05, 0.1) is 0 Å². The van der Waals surface area contributed by atoms with Crippen molar-refractivity contribution in [2.75, 3.05) is 0 Å². The highest BCUT2D eigenvalue weighted by Gasteiger charge is 2.40. The van der Waals surface area contributed by atoms with Crippen LogP contribution in [0.1, 0.15) is 57.7 Å². The summed E-state index contributed by atoms with van der Waals surface area (Å²) in [6.45, 7) is 28.0. The van der Waals surface area contributed by atoms with Crippen molar-refractivity contribution >= 4 is 42.1 Å². The third-order valence-electron chi connectivity index (χ3n) is 5.25. The molecule has 0 unspecified atom stereocenters. The number of hydrogen-bond acceptors (Lipinski definition) is 4. The van der Waals surface area contributed by atoms with Crippen LogP contribution in [0.15, 0.2) is 28.7 Å². The highest BCUT2D eigenvalue weighted by Crippen LogP contribution is 2.31. The van der Waals surface area contributed by atoms with Crippen LogP contribution in [0.2, 0.25) is 51.9 Å². The van der Waals surface area contributed by atoms with Crippen LogP contribution >= 0.6 is 0 Å². The maximum absolute atomic E-state index is 13.4. The molecule has 0 aliphatic carbocycles. The first-order valence-electron chi connectivity index (χ1n) is 12.4. The van der Waals surface area contributed by atoms with Gasteiger partial charge in [-0.15, -0.1) is 0 Å². The van der Waals surface area contributed by atoms with Crippen LogP contribution in [0.3, 0.4) is 0 Å². The van der Waals surface area contributed by atoms with Crippen molar-refractivity contribution in [3.63, 3.8) is 0 Å². The Labute approximate surface area is 210 Å². The number of rotatable bonds is 8. The number of amides is 1. The Morgan fingerprint density at radius 1 is 0.853 bits per heavy atom. The monoisotopic (exact) mass is 521 g/mol. The van der Waals surface area contributed by atoms with Gasteiger partial charge in [0.15, 0.2) is 22.4 Å². The Kier molecular flexibility index (Phi) is 8.27. The smallest absolute Gasteiger partial charge is 0.314 e. The summed E-state index contributed by atoms with van der Waals surface area (Å²) in [5.74, 6) is 0.310. The van der Waals surface area contributed by atoms with Crippen LogP contribution in [0.25, 0.3) is 11.0 Å². The number of carbonyl (C=O) groups excluding carboxylic acids is 1. The minimum atomic E-state index is -2.31. The van der Waals surface area contributed by atoms with E-state index in [1.807, 2.05) is 11.0 Å². The number of carbonyl (C=O) groups is 1. The molecule has 1 aromatic heterocycles. The van der Waals surface area contributed by atoms with E-state index >= 15 is 0 Å². The van der Waals surface area contributed by atoms with Crippen molar-refractivity contribution in [3.8, 4) is 0 Å². The zero-order chi connectivity index (χ0) is 26.3. The van der Waals surface area contributed by atoms with E-state index < -0.39 is 25.2 Å². The molecule has 0 spiro atoms.